The van der Waals surface area contributed by atoms with Gasteiger partial charge in [-0.1, -0.05) is 11.6 Å². The Bertz CT molecular complexity index is 577. The van der Waals surface area contributed by atoms with Gasteiger partial charge in [-0.05, 0) is 13.8 Å². The minimum atomic E-state index is -0.935. The van der Waals surface area contributed by atoms with E-state index in [9.17, 15) is 4.79 Å². The standard InChI is InChI=1S/C10H10ClN3O2/c1-5-3-8-12-6(2)7(4-9(15)16)10(11)14(8)13-5/h3H,4H2,1-2H3,(H,15,16). The van der Waals surface area contributed by atoms with E-state index in [1.165, 1.54) is 4.52 Å². The number of hydrogen-bond acceptors (Lipinski definition) is 3. The molecule has 2 rings (SSSR count). The number of aryl methyl sites for hydroxylation is 2. The molecule has 2 aromatic heterocycles. The summed E-state index contributed by atoms with van der Waals surface area (Å²) >= 11 is 6.10. The summed E-state index contributed by atoms with van der Waals surface area (Å²) in [5.74, 6) is -0.935. The van der Waals surface area contributed by atoms with Gasteiger partial charge in [0.1, 0.15) is 5.15 Å². The van der Waals surface area contributed by atoms with E-state index in [2.05, 4.69) is 10.1 Å². The van der Waals surface area contributed by atoms with Gasteiger partial charge in [0.25, 0.3) is 0 Å². The van der Waals surface area contributed by atoms with Crippen LogP contribution in [0, 0.1) is 13.8 Å². The van der Waals surface area contributed by atoms with Gasteiger partial charge in [0.15, 0.2) is 5.65 Å². The molecule has 6 heteroatoms. The van der Waals surface area contributed by atoms with E-state index in [4.69, 9.17) is 16.7 Å². The fourth-order valence-corrected chi connectivity index (χ4v) is 1.91. The summed E-state index contributed by atoms with van der Waals surface area (Å²) in [6, 6.07) is 1.80. The highest BCUT2D eigenvalue weighted by atomic mass is 35.5. The van der Waals surface area contributed by atoms with Crippen LogP contribution in [0.3, 0.4) is 0 Å². The molecule has 0 unspecified atom stereocenters. The van der Waals surface area contributed by atoms with Crippen molar-refractivity contribution >= 4 is 23.2 Å². The Balaban J connectivity index is 2.69. The minimum Gasteiger partial charge on any atom is -0.481 e. The smallest absolute Gasteiger partial charge is 0.308 e. The summed E-state index contributed by atoms with van der Waals surface area (Å²) in [6.45, 7) is 3.57. The van der Waals surface area contributed by atoms with Crippen LogP contribution in [0.5, 0.6) is 0 Å². The molecule has 0 aliphatic heterocycles. The van der Waals surface area contributed by atoms with Crippen LogP contribution >= 0.6 is 11.6 Å². The monoisotopic (exact) mass is 239 g/mol. The predicted molar refractivity (Wildman–Crippen MR) is 58.8 cm³/mol. The molecule has 84 valence electrons. The summed E-state index contributed by atoms with van der Waals surface area (Å²) in [7, 11) is 0. The van der Waals surface area contributed by atoms with Crippen LogP contribution < -0.4 is 0 Å². The summed E-state index contributed by atoms with van der Waals surface area (Å²) in [6.07, 6.45) is -0.146. The highest BCUT2D eigenvalue weighted by Crippen LogP contribution is 2.21. The molecule has 0 spiro atoms. The lowest BCUT2D eigenvalue weighted by atomic mass is 10.2. The van der Waals surface area contributed by atoms with Gasteiger partial charge in [0.2, 0.25) is 0 Å². The highest BCUT2D eigenvalue weighted by Gasteiger charge is 2.14. The van der Waals surface area contributed by atoms with Gasteiger partial charge in [0, 0.05) is 17.3 Å². The molecule has 0 aromatic carbocycles. The van der Waals surface area contributed by atoms with E-state index in [1.54, 1.807) is 13.0 Å². The van der Waals surface area contributed by atoms with Crippen molar-refractivity contribution in [3.05, 3.63) is 28.2 Å². The topological polar surface area (TPSA) is 67.5 Å². The number of halogens is 1. The molecular weight excluding hydrogens is 230 g/mol. The van der Waals surface area contributed by atoms with E-state index in [-0.39, 0.29) is 6.42 Å². The fraction of sp³-hybridized carbons (Fsp3) is 0.300. The Labute approximate surface area is 96.7 Å². The lowest BCUT2D eigenvalue weighted by molar-refractivity contribution is -0.136. The molecular formula is C10H10ClN3O2. The Morgan fingerprint density at radius 3 is 2.88 bits per heavy atom. The maximum Gasteiger partial charge on any atom is 0.308 e. The average Bonchev–Trinajstić information content (AvgIpc) is 2.53. The SMILES string of the molecule is Cc1cc2nc(C)c(CC(=O)O)c(Cl)n2n1. The Hall–Kier alpha value is -1.62. The zero-order chi connectivity index (χ0) is 11.9. The third-order valence-corrected chi connectivity index (χ3v) is 2.68. The molecule has 2 aromatic rings. The van der Waals surface area contributed by atoms with Gasteiger partial charge in [0.05, 0.1) is 12.1 Å². The highest BCUT2D eigenvalue weighted by molar-refractivity contribution is 6.30. The van der Waals surface area contributed by atoms with Gasteiger partial charge in [-0.25, -0.2) is 9.50 Å². The number of aliphatic carboxylic acids is 1. The molecule has 0 aliphatic rings. The molecule has 0 bridgehead atoms. The van der Waals surface area contributed by atoms with Crippen molar-refractivity contribution in [1.29, 1.82) is 0 Å². The Morgan fingerprint density at radius 2 is 2.25 bits per heavy atom. The van der Waals surface area contributed by atoms with Crippen LogP contribution in [0.15, 0.2) is 6.07 Å². The maximum atomic E-state index is 10.7. The van der Waals surface area contributed by atoms with E-state index in [1.807, 2.05) is 6.92 Å². The van der Waals surface area contributed by atoms with E-state index in [0.29, 0.717) is 22.1 Å². The van der Waals surface area contributed by atoms with E-state index in [0.717, 1.165) is 5.69 Å². The zero-order valence-electron chi connectivity index (χ0n) is 8.86. The fourth-order valence-electron chi connectivity index (χ4n) is 1.58. The van der Waals surface area contributed by atoms with Gasteiger partial charge < -0.3 is 5.11 Å². The van der Waals surface area contributed by atoms with Crippen molar-refractivity contribution in [3.63, 3.8) is 0 Å². The average molecular weight is 240 g/mol. The van der Waals surface area contributed by atoms with Gasteiger partial charge >= 0.3 is 5.97 Å². The molecule has 0 atom stereocenters. The third-order valence-electron chi connectivity index (χ3n) is 2.29. The van der Waals surface area contributed by atoms with Gasteiger partial charge in [-0.3, -0.25) is 4.79 Å². The number of fused-ring (bicyclic) bond motifs is 1. The zero-order valence-corrected chi connectivity index (χ0v) is 9.62. The van der Waals surface area contributed by atoms with Crippen molar-refractivity contribution in [3.8, 4) is 0 Å². The quantitative estimate of drug-likeness (QED) is 0.809. The summed E-state index contributed by atoms with van der Waals surface area (Å²) in [4.78, 5) is 15.0. The first-order valence-electron chi connectivity index (χ1n) is 4.72. The molecule has 1 N–H and O–H groups in total. The number of carboxylic acid groups (broad SMARTS) is 1. The largest absolute Gasteiger partial charge is 0.481 e. The molecule has 0 amide bonds. The van der Waals surface area contributed by atoms with Crippen LogP contribution in [0.25, 0.3) is 5.65 Å². The number of nitrogens with zero attached hydrogens (tertiary/aromatic N) is 3. The molecule has 0 saturated carbocycles. The van der Waals surface area contributed by atoms with E-state index >= 15 is 0 Å². The van der Waals surface area contributed by atoms with Crippen molar-refractivity contribution in [1.82, 2.24) is 14.6 Å². The number of rotatable bonds is 2. The van der Waals surface area contributed by atoms with Crippen molar-refractivity contribution < 1.29 is 9.90 Å². The third kappa shape index (κ3) is 1.74. The second kappa shape index (κ2) is 3.75. The molecule has 2 heterocycles. The second-order valence-electron chi connectivity index (χ2n) is 3.59. The summed E-state index contributed by atoms with van der Waals surface area (Å²) in [5.41, 5.74) is 2.56. The number of aromatic nitrogens is 3. The Morgan fingerprint density at radius 1 is 1.56 bits per heavy atom. The normalized spacial score (nSPS) is 10.9. The second-order valence-corrected chi connectivity index (χ2v) is 3.95. The lowest BCUT2D eigenvalue weighted by Crippen LogP contribution is -2.08. The minimum absolute atomic E-state index is 0.146. The predicted octanol–water partition coefficient (Wildman–Crippen LogP) is 1.63. The molecule has 0 saturated heterocycles. The van der Waals surface area contributed by atoms with Crippen LogP contribution in [0.2, 0.25) is 5.15 Å². The number of carbonyl (C=O) groups is 1. The number of hydrogen-bond donors (Lipinski definition) is 1. The van der Waals surface area contributed by atoms with Crippen molar-refractivity contribution in [2.45, 2.75) is 20.3 Å². The molecule has 5 nitrogen and oxygen atoms in total. The number of carboxylic acids is 1. The summed E-state index contributed by atoms with van der Waals surface area (Å²) in [5, 5.41) is 13.2. The van der Waals surface area contributed by atoms with Crippen LogP contribution in [-0.4, -0.2) is 25.7 Å². The molecule has 0 fully saturated rings. The van der Waals surface area contributed by atoms with Crippen LogP contribution in [-0.2, 0) is 11.2 Å². The van der Waals surface area contributed by atoms with Gasteiger partial charge in [-0.15, -0.1) is 0 Å². The van der Waals surface area contributed by atoms with Gasteiger partial charge in [-0.2, -0.15) is 5.10 Å². The van der Waals surface area contributed by atoms with E-state index < -0.39 is 5.97 Å². The van der Waals surface area contributed by atoms with Crippen molar-refractivity contribution in [2.24, 2.45) is 0 Å². The molecule has 0 aliphatic carbocycles. The summed E-state index contributed by atoms with van der Waals surface area (Å²) < 4.78 is 1.46. The first kappa shape index (κ1) is 10.9. The maximum absolute atomic E-state index is 10.7. The molecule has 16 heavy (non-hydrogen) atoms. The van der Waals surface area contributed by atoms with Crippen LogP contribution in [0.4, 0.5) is 0 Å². The first-order valence-corrected chi connectivity index (χ1v) is 5.10. The van der Waals surface area contributed by atoms with Crippen LogP contribution in [0.1, 0.15) is 17.0 Å². The van der Waals surface area contributed by atoms with Crippen molar-refractivity contribution in [2.75, 3.05) is 0 Å². The Kier molecular flexibility index (Phi) is 2.55. The lowest BCUT2D eigenvalue weighted by Gasteiger charge is -2.06. The first-order chi connectivity index (χ1) is 7.49. The molecule has 0 radical (unpaired) electrons.